The van der Waals surface area contributed by atoms with Crippen molar-refractivity contribution < 1.29 is 9.59 Å². The van der Waals surface area contributed by atoms with Crippen LogP contribution in [0.15, 0.2) is 91.1 Å². The van der Waals surface area contributed by atoms with Crippen molar-refractivity contribution in [2.24, 2.45) is 0 Å². The van der Waals surface area contributed by atoms with E-state index in [1.54, 1.807) is 10.8 Å². The molecule has 0 radical (unpaired) electrons. The van der Waals surface area contributed by atoms with Crippen LogP contribution in [0.1, 0.15) is 46.1 Å². The number of rotatable bonds is 6. The van der Waals surface area contributed by atoms with Crippen molar-refractivity contribution in [2.45, 2.75) is 70.1 Å². The predicted octanol–water partition coefficient (Wildman–Crippen LogP) is 5.90. The predicted molar refractivity (Wildman–Crippen MR) is 158 cm³/mol. The molecule has 0 saturated carbocycles. The maximum absolute atomic E-state index is 13.7. The number of hydrogen-bond acceptors (Lipinski definition) is 3. The van der Waals surface area contributed by atoms with Crippen LogP contribution in [-0.2, 0) is 11.2 Å². The Kier molecular flexibility index (Phi) is 7.32. The number of fused-ring (bicyclic) bond motifs is 1. The zero-order chi connectivity index (χ0) is 27.6. The fourth-order valence-corrected chi connectivity index (χ4v) is 6.11. The molecule has 0 bridgehead atoms. The van der Waals surface area contributed by atoms with Crippen LogP contribution in [-0.4, -0.2) is 39.7 Å². The molecular formula is C33H38N4O2. The molecule has 202 valence electrons. The summed E-state index contributed by atoms with van der Waals surface area (Å²) in [5.74, 6) is -0.162. The third-order valence-corrected chi connectivity index (χ3v) is 7.47. The highest BCUT2D eigenvalue weighted by Crippen LogP contribution is 2.28. The molecule has 1 aliphatic rings. The van der Waals surface area contributed by atoms with Gasteiger partial charge in [-0.2, -0.15) is 0 Å². The number of nitrogens with zero attached hydrogens (tertiary/aromatic N) is 1. The molecule has 1 saturated heterocycles. The van der Waals surface area contributed by atoms with Crippen molar-refractivity contribution in [3.8, 4) is 11.1 Å². The van der Waals surface area contributed by atoms with Crippen LogP contribution in [0.25, 0.3) is 22.0 Å². The molecular weight excluding hydrogens is 484 g/mol. The molecule has 1 fully saturated rings. The van der Waals surface area contributed by atoms with E-state index in [1.165, 1.54) is 0 Å². The van der Waals surface area contributed by atoms with Gasteiger partial charge in [0.2, 0.25) is 5.91 Å². The summed E-state index contributed by atoms with van der Waals surface area (Å²) in [7, 11) is 0. The zero-order valence-corrected chi connectivity index (χ0v) is 23.2. The minimum Gasteiger partial charge on any atom is -0.351 e. The number of aromatic nitrogens is 1. The first-order valence-corrected chi connectivity index (χ1v) is 13.7. The van der Waals surface area contributed by atoms with Crippen LogP contribution < -0.4 is 16.0 Å². The van der Waals surface area contributed by atoms with Crippen LogP contribution in [0.4, 0.5) is 4.79 Å². The van der Waals surface area contributed by atoms with E-state index >= 15 is 0 Å². The second-order valence-corrected chi connectivity index (χ2v) is 12.0. The van der Waals surface area contributed by atoms with Crippen LogP contribution in [0.2, 0.25) is 0 Å². The lowest BCUT2D eigenvalue weighted by Crippen LogP contribution is -2.63. The monoisotopic (exact) mass is 522 g/mol. The fraction of sp³-hybridized carbons (Fsp3) is 0.333. The third kappa shape index (κ3) is 6.40. The molecule has 6 nitrogen and oxygen atoms in total. The van der Waals surface area contributed by atoms with Crippen molar-refractivity contribution in [1.82, 2.24) is 20.5 Å². The summed E-state index contributed by atoms with van der Waals surface area (Å²) < 4.78 is 1.57. The summed E-state index contributed by atoms with van der Waals surface area (Å²) >= 11 is 0. The number of hydrogen-bond donors (Lipinski definition) is 3. The molecule has 0 aliphatic carbocycles. The van der Waals surface area contributed by atoms with Gasteiger partial charge in [0.1, 0.15) is 6.04 Å². The maximum Gasteiger partial charge on any atom is 0.326 e. The van der Waals surface area contributed by atoms with Gasteiger partial charge < -0.3 is 16.0 Å². The van der Waals surface area contributed by atoms with Gasteiger partial charge in [0.05, 0.1) is 5.52 Å². The second kappa shape index (κ2) is 10.7. The number of carbonyl (C=O) groups excluding carboxylic acids is 2. The summed E-state index contributed by atoms with van der Waals surface area (Å²) in [6, 6.07) is 27.0. The van der Waals surface area contributed by atoms with E-state index in [9.17, 15) is 9.59 Å². The number of piperidine rings is 1. The number of benzene rings is 3. The molecule has 1 atom stereocenters. The van der Waals surface area contributed by atoms with E-state index in [-0.39, 0.29) is 29.1 Å². The molecule has 3 aromatic carbocycles. The lowest BCUT2D eigenvalue weighted by Gasteiger charge is -2.46. The normalized spacial score (nSPS) is 17.4. The minimum atomic E-state index is -0.720. The van der Waals surface area contributed by atoms with E-state index in [0.717, 1.165) is 40.4 Å². The first kappa shape index (κ1) is 26.7. The third-order valence-electron chi connectivity index (χ3n) is 7.47. The largest absolute Gasteiger partial charge is 0.351 e. The van der Waals surface area contributed by atoms with Gasteiger partial charge in [0, 0.05) is 35.1 Å². The maximum atomic E-state index is 13.7. The van der Waals surface area contributed by atoms with Crippen LogP contribution >= 0.6 is 0 Å². The van der Waals surface area contributed by atoms with Gasteiger partial charge in [-0.05, 0) is 69.4 Å². The van der Waals surface area contributed by atoms with Gasteiger partial charge in [-0.3, -0.25) is 9.36 Å². The number of nitrogens with one attached hydrogen (secondary N) is 3. The van der Waals surface area contributed by atoms with Crippen molar-refractivity contribution in [2.75, 3.05) is 0 Å². The van der Waals surface area contributed by atoms with E-state index < -0.39 is 6.04 Å². The van der Waals surface area contributed by atoms with Crippen LogP contribution in [0, 0.1) is 0 Å². The smallest absolute Gasteiger partial charge is 0.326 e. The van der Waals surface area contributed by atoms with Crippen LogP contribution in [0.3, 0.4) is 0 Å². The van der Waals surface area contributed by atoms with E-state index in [2.05, 4.69) is 67.9 Å². The Morgan fingerprint density at radius 2 is 1.46 bits per heavy atom. The summed E-state index contributed by atoms with van der Waals surface area (Å²) in [6.45, 7) is 8.66. The van der Waals surface area contributed by atoms with Crippen LogP contribution in [0.5, 0.6) is 0 Å². The second-order valence-electron chi connectivity index (χ2n) is 12.0. The summed E-state index contributed by atoms with van der Waals surface area (Å²) in [5.41, 5.74) is 3.84. The summed E-state index contributed by atoms with van der Waals surface area (Å²) in [4.78, 5) is 27.2. The SMILES string of the molecule is CC1(C)CC(NC(=O)C(Cc2ccc(-c3ccccc3)cc2)NC(=O)n2ccc3ccccc32)CC(C)(C)N1. The fourth-order valence-electron chi connectivity index (χ4n) is 6.11. The Morgan fingerprint density at radius 3 is 2.15 bits per heavy atom. The quantitative estimate of drug-likeness (QED) is 0.295. The summed E-state index contributed by atoms with van der Waals surface area (Å²) in [6.07, 6.45) is 3.78. The first-order chi connectivity index (χ1) is 18.6. The molecule has 3 N–H and O–H groups in total. The molecule has 39 heavy (non-hydrogen) atoms. The van der Waals surface area contributed by atoms with Crippen molar-refractivity contribution in [3.63, 3.8) is 0 Å². The van der Waals surface area contributed by atoms with E-state index in [4.69, 9.17) is 0 Å². The van der Waals surface area contributed by atoms with Gasteiger partial charge in [-0.15, -0.1) is 0 Å². The molecule has 1 unspecified atom stereocenters. The van der Waals surface area contributed by atoms with Crippen molar-refractivity contribution in [3.05, 3.63) is 96.7 Å². The zero-order valence-electron chi connectivity index (χ0n) is 23.2. The Labute approximate surface area is 230 Å². The highest BCUT2D eigenvalue weighted by Gasteiger charge is 2.39. The number of para-hydroxylation sites is 1. The van der Waals surface area contributed by atoms with Gasteiger partial charge in [-0.1, -0.05) is 72.8 Å². The average molecular weight is 523 g/mol. The average Bonchev–Trinajstić information content (AvgIpc) is 3.32. The van der Waals surface area contributed by atoms with Gasteiger partial charge in [0.25, 0.3) is 0 Å². The highest BCUT2D eigenvalue weighted by molar-refractivity contribution is 5.94. The first-order valence-electron chi connectivity index (χ1n) is 13.7. The Bertz CT molecular complexity index is 1440. The van der Waals surface area contributed by atoms with Crippen molar-refractivity contribution in [1.29, 1.82) is 0 Å². The Balaban J connectivity index is 1.37. The Hall–Kier alpha value is -3.90. The number of carbonyl (C=O) groups is 2. The molecule has 1 aromatic heterocycles. The molecule has 4 aromatic rings. The molecule has 1 aliphatic heterocycles. The molecule has 5 rings (SSSR count). The molecule has 0 spiro atoms. The van der Waals surface area contributed by atoms with E-state index in [0.29, 0.717) is 6.42 Å². The van der Waals surface area contributed by atoms with E-state index in [1.807, 2.05) is 60.7 Å². The van der Waals surface area contributed by atoms with Gasteiger partial charge in [0.15, 0.2) is 0 Å². The standard InChI is InChI=1S/C33H38N4O2/c1-32(2)21-27(22-33(3,4)36-32)34-30(38)28(35-31(39)37-19-18-26-12-8-9-13-29(26)37)20-23-14-16-25(17-15-23)24-10-6-5-7-11-24/h5-19,27-28,36H,20-22H2,1-4H3,(H,34,38)(H,35,39). The molecule has 2 amide bonds. The minimum absolute atomic E-state index is 0.0102. The van der Waals surface area contributed by atoms with Gasteiger partial charge >= 0.3 is 6.03 Å². The topological polar surface area (TPSA) is 75.2 Å². The molecule has 2 heterocycles. The number of amides is 2. The highest BCUT2D eigenvalue weighted by atomic mass is 16.2. The van der Waals surface area contributed by atoms with Crippen molar-refractivity contribution >= 4 is 22.8 Å². The molecule has 6 heteroatoms. The van der Waals surface area contributed by atoms with Gasteiger partial charge in [-0.25, -0.2) is 4.79 Å². The summed E-state index contributed by atoms with van der Waals surface area (Å²) in [5, 5.41) is 10.9. The lowest BCUT2D eigenvalue weighted by atomic mass is 9.79. The Morgan fingerprint density at radius 1 is 0.846 bits per heavy atom. The lowest BCUT2D eigenvalue weighted by molar-refractivity contribution is -0.124.